The molecule has 0 rings (SSSR count). The number of rotatable bonds is 15. The number of unbranched alkanes of at least 4 members (excludes halogenated alkanes) is 6. The van der Waals surface area contributed by atoms with Gasteiger partial charge in [-0.15, -0.1) is 0 Å². The predicted molar refractivity (Wildman–Crippen MR) is 98.8 cm³/mol. The Labute approximate surface area is 154 Å². The minimum absolute atomic E-state index is 0.238. The Morgan fingerprint density at radius 2 is 1.44 bits per heavy atom. The summed E-state index contributed by atoms with van der Waals surface area (Å²) in [5, 5.41) is 10.8. The number of carbonyl (C=O) groups excluding carboxylic acids is 2. The Hall–Kier alpha value is -1.10. The third kappa shape index (κ3) is 17.5. The van der Waals surface area contributed by atoms with E-state index in [1.165, 1.54) is 32.1 Å². The van der Waals surface area contributed by atoms with Crippen molar-refractivity contribution < 1.29 is 23.9 Å². The van der Waals surface area contributed by atoms with Crippen molar-refractivity contribution >= 4 is 11.9 Å². The number of nitrogens with zero attached hydrogens (tertiary/aromatic N) is 1. The van der Waals surface area contributed by atoms with E-state index in [1.54, 1.807) is 0 Å². The van der Waals surface area contributed by atoms with E-state index in [2.05, 4.69) is 13.8 Å². The molecule has 0 spiro atoms. The largest absolute Gasteiger partial charge is 0.550 e. The number of quaternary nitrogens is 1. The Balaban J connectivity index is 3.80. The number of hydrogen-bond acceptors (Lipinski definition) is 4. The van der Waals surface area contributed by atoms with Gasteiger partial charge in [-0.05, 0) is 12.3 Å². The van der Waals surface area contributed by atoms with Gasteiger partial charge in [0, 0.05) is 18.8 Å². The predicted octanol–water partition coefficient (Wildman–Crippen LogP) is 2.91. The quantitative estimate of drug-likeness (QED) is 0.257. The van der Waals surface area contributed by atoms with Gasteiger partial charge in [0.15, 0.2) is 6.10 Å². The van der Waals surface area contributed by atoms with Crippen molar-refractivity contribution in [3.05, 3.63) is 0 Å². The summed E-state index contributed by atoms with van der Waals surface area (Å²) in [7, 11) is 5.83. The third-order valence-electron chi connectivity index (χ3n) is 4.11. The average Bonchev–Trinajstić information content (AvgIpc) is 2.42. The molecule has 148 valence electrons. The van der Waals surface area contributed by atoms with Crippen LogP contribution in [0.25, 0.3) is 0 Å². The lowest BCUT2D eigenvalue weighted by Crippen LogP contribution is -2.45. The molecule has 0 unspecified atom stereocenters. The van der Waals surface area contributed by atoms with Crippen LogP contribution < -0.4 is 5.11 Å². The van der Waals surface area contributed by atoms with Gasteiger partial charge in [-0.3, -0.25) is 4.79 Å². The van der Waals surface area contributed by atoms with E-state index in [-0.39, 0.29) is 12.4 Å². The SMILES string of the molecule is CC(C)CCCCCCCCCC(=O)O[C@H](CC(=O)[O-])C[N+](C)(C)C. The van der Waals surface area contributed by atoms with Crippen molar-refractivity contribution in [1.82, 2.24) is 0 Å². The number of carbonyl (C=O) groups is 2. The molecule has 0 aromatic carbocycles. The lowest BCUT2D eigenvalue weighted by molar-refractivity contribution is -0.873. The first-order valence-corrected chi connectivity index (χ1v) is 9.80. The molecule has 5 nitrogen and oxygen atoms in total. The fourth-order valence-electron chi connectivity index (χ4n) is 2.89. The first kappa shape index (κ1) is 23.9. The Morgan fingerprint density at radius 1 is 0.920 bits per heavy atom. The van der Waals surface area contributed by atoms with E-state index in [9.17, 15) is 14.7 Å². The fraction of sp³-hybridized carbons (Fsp3) is 0.900. The van der Waals surface area contributed by atoms with E-state index < -0.39 is 12.1 Å². The standard InChI is InChI=1S/C20H39NO4/c1-17(2)13-11-9-7-6-8-10-12-14-20(24)25-18(15-19(22)23)16-21(3,4)5/h17-18H,6-16H2,1-5H3/t18-/m1/s1. The van der Waals surface area contributed by atoms with Gasteiger partial charge >= 0.3 is 5.97 Å². The smallest absolute Gasteiger partial charge is 0.306 e. The van der Waals surface area contributed by atoms with Gasteiger partial charge in [-0.25, -0.2) is 0 Å². The van der Waals surface area contributed by atoms with Gasteiger partial charge in [0.2, 0.25) is 0 Å². The Morgan fingerprint density at radius 3 is 1.92 bits per heavy atom. The van der Waals surface area contributed by atoms with E-state index in [4.69, 9.17) is 4.74 Å². The molecule has 0 radical (unpaired) electrons. The van der Waals surface area contributed by atoms with E-state index >= 15 is 0 Å². The van der Waals surface area contributed by atoms with Gasteiger partial charge in [-0.2, -0.15) is 0 Å². The molecule has 0 aromatic rings. The monoisotopic (exact) mass is 357 g/mol. The molecule has 25 heavy (non-hydrogen) atoms. The van der Waals surface area contributed by atoms with Crippen LogP contribution in [0.5, 0.6) is 0 Å². The molecule has 0 N–H and O–H groups in total. The number of esters is 1. The van der Waals surface area contributed by atoms with Crippen molar-refractivity contribution in [2.45, 2.75) is 84.2 Å². The van der Waals surface area contributed by atoms with Gasteiger partial charge < -0.3 is 19.1 Å². The molecule has 5 heteroatoms. The molecular weight excluding hydrogens is 318 g/mol. The fourth-order valence-corrected chi connectivity index (χ4v) is 2.89. The number of likely N-dealkylation sites (N-methyl/N-ethyl adjacent to an activating group) is 1. The maximum Gasteiger partial charge on any atom is 0.306 e. The minimum Gasteiger partial charge on any atom is -0.550 e. The van der Waals surface area contributed by atoms with Crippen LogP contribution >= 0.6 is 0 Å². The molecule has 0 fully saturated rings. The van der Waals surface area contributed by atoms with Crippen LogP contribution in [0.4, 0.5) is 0 Å². The normalized spacial score (nSPS) is 13.0. The second-order valence-corrected chi connectivity index (χ2v) is 8.57. The van der Waals surface area contributed by atoms with Gasteiger partial charge in [-0.1, -0.05) is 58.8 Å². The van der Waals surface area contributed by atoms with Crippen molar-refractivity contribution in [3.63, 3.8) is 0 Å². The van der Waals surface area contributed by atoms with E-state index in [1.807, 2.05) is 21.1 Å². The summed E-state index contributed by atoms with van der Waals surface area (Å²) >= 11 is 0. The molecule has 0 saturated carbocycles. The molecule has 0 heterocycles. The maximum atomic E-state index is 11.9. The summed E-state index contributed by atoms with van der Waals surface area (Å²) in [6, 6.07) is 0. The second kappa shape index (κ2) is 13.2. The molecule has 0 bridgehead atoms. The first-order chi connectivity index (χ1) is 11.6. The summed E-state index contributed by atoms with van der Waals surface area (Å²) in [5.41, 5.74) is 0. The Bertz CT molecular complexity index is 374. The van der Waals surface area contributed by atoms with Crippen LogP contribution in [0.1, 0.15) is 78.1 Å². The summed E-state index contributed by atoms with van der Waals surface area (Å²) in [6.45, 7) is 4.99. The van der Waals surface area contributed by atoms with Crippen molar-refractivity contribution in [2.24, 2.45) is 5.92 Å². The summed E-state index contributed by atoms with van der Waals surface area (Å²) in [6.07, 6.45) is 8.93. The highest BCUT2D eigenvalue weighted by molar-refractivity contribution is 5.70. The zero-order valence-corrected chi connectivity index (χ0v) is 17.0. The third-order valence-corrected chi connectivity index (χ3v) is 4.11. The van der Waals surface area contributed by atoms with Crippen LogP contribution in [-0.4, -0.2) is 50.2 Å². The second-order valence-electron chi connectivity index (χ2n) is 8.57. The zero-order valence-electron chi connectivity index (χ0n) is 17.0. The number of hydrogen-bond donors (Lipinski definition) is 0. The highest BCUT2D eigenvalue weighted by atomic mass is 16.5. The number of aliphatic carboxylic acids is 1. The summed E-state index contributed by atoms with van der Waals surface area (Å²) in [4.78, 5) is 22.7. The molecule has 0 aliphatic heterocycles. The average molecular weight is 358 g/mol. The first-order valence-electron chi connectivity index (χ1n) is 9.80. The Kier molecular flexibility index (Phi) is 12.6. The summed E-state index contributed by atoms with van der Waals surface area (Å²) in [5.74, 6) is -0.677. The van der Waals surface area contributed by atoms with Crippen LogP contribution in [0, 0.1) is 5.92 Å². The molecule has 0 saturated heterocycles. The molecule has 0 aliphatic carbocycles. The lowest BCUT2D eigenvalue weighted by atomic mass is 10.0. The van der Waals surface area contributed by atoms with Crippen LogP contribution in [0.3, 0.4) is 0 Å². The van der Waals surface area contributed by atoms with Crippen LogP contribution in [-0.2, 0) is 14.3 Å². The van der Waals surface area contributed by atoms with Gasteiger partial charge in [0.1, 0.15) is 6.54 Å². The molecule has 0 aliphatic rings. The minimum atomic E-state index is -1.18. The molecule has 1 atom stereocenters. The molecule has 0 aromatic heterocycles. The highest BCUT2D eigenvalue weighted by Crippen LogP contribution is 2.13. The van der Waals surface area contributed by atoms with E-state index in [0.29, 0.717) is 17.4 Å². The van der Waals surface area contributed by atoms with Crippen LogP contribution in [0.2, 0.25) is 0 Å². The number of carboxylic acid groups (broad SMARTS) is 1. The highest BCUT2D eigenvalue weighted by Gasteiger charge is 2.22. The summed E-state index contributed by atoms with van der Waals surface area (Å²) < 4.78 is 5.89. The van der Waals surface area contributed by atoms with Gasteiger partial charge in [0.25, 0.3) is 0 Å². The number of ether oxygens (including phenoxy) is 1. The topological polar surface area (TPSA) is 66.4 Å². The van der Waals surface area contributed by atoms with Crippen molar-refractivity contribution in [2.75, 3.05) is 27.7 Å². The van der Waals surface area contributed by atoms with Crippen molar-refractivity contribution in [3.8, 4) is 0 Å². The van der Waals surface area contributed by atoms with Crippen LogP contribution in [0.15, 0.2) is 0 Å². The molecule has 0 amide bonds. The maximum absolute atomic E-state index is 11.9. The van der Waals surface area contributed by atoms with Crippen molar-refractivity contribution in [1.29, 1.82) is 0 Å². The molecular formula is C20H39NO4. The number of carboxylic acids is 1. The van der Waals surface area contributed by atoms with E-state index in [0.717, 1.165) is 25.2 Å². The van der Waals surface area contributed by atoms with Gasteiger partial charge in [0.05, 0.1) is 21.1 Å². The zero-order chi connectivity index (χ0) is 19.3. The lowest BCUT2D eigenvalue weighted by Gasteiger charge is -2.29.